The molecule has 47 heavy (non-hydrogen) atoms. The number of ketones is 1. The van der Waals surface area contributed by atoms with Crippen molar-refractivity contribution in [1.82, 2.24) is 20.2 Å². The summed E-state index contributed by atoms with van der Waals surface area (Å²) in [6.45, 7) is 11.6. The van der Waals surface area contributed by atoms with E-state index in [9.17, 15) is 14.4 Å². The molecule has 10 nitrogen and oxygen atoms in total. The number of methoxy groups -OCH3 is 1. The lowest BCUT2D eigenvalue weighted by Gasteiger charge is -2.37. The zero-order valence-corrected chi connectivity index (χ0v) is 29.2. The molecule has 0 unspecified atom stereocenters. The van der Waals surface area contributed by atoms with Gasteiger partial charge in [0.25, 0.3) is 0 Å². The van der Waals surface area contributed by atoms with Gasteiger partial charge in [0.15, 0.2) is 5.78 Å². The second-order valence-electron chi connectivity index (χ2n) is 15.8. The van der Waals surface area contributed by atoms with Crippen LogP contribution in [0.5, 0.6) is 11.6 Å². The number of carbonyl (C=O) groups excluding carboxylic acids is 3. The number of nitrogens with one attached hydrogen (secondary N) is 1. The van der Waals surface area contributed by atoms with Gasteiger partial charge in [-0.3, -0.25) is 9.59 Å². The van der Waals surface area contributed by atoms with E-state index in [0.717, 1.165) is 69.0 Å². The van der Waals surface area contributed by atoms with E-state index in [1.165, 1.54) is 6.92 Å². The first kappa shape index (κ1) is 33.5. The fourth-order valence-electron chi connectivity index (χ4n) is 8.53. The van der Waals surface area contributed by atoms with Crippen LogP contribution in [0.25, 0.3) is 11.0 Å². The Morgan fingerprint density at radius 2 is 1.81 bits per heavy atom. The van der Waals surface area contributed by atoms with E-state index in [2.05, 4.69) is 5.32 Å². The summed E-state index contributed by atoms with van der Waals surface area (Å²) in [5.41, 5.74) is 1.01. The smallest absolute Gasteiger partial charge is 0.408 e. The van der Waals surface area contributed by atoms with Crippen LogP contribution in [0.3, 0.4) is 0 Å². The summed E-state index contributed by atoms with van der Waals surface area (Å²) in [7, 11) is 1.63. The molecule has 1 saturated heterocycles. The Balaban J connectivity index is 1.44. The highest BCUT2D eigenvalue weighted by atomic mass is 16.6. The second kappa shape index (κ2) is 12.5. The van der Waals surface area contributed by atoms with E-state index < -0.39 is 35.3 Å². The Morgan fingerprint density at radius 3 is 2.47 bits per heavy atom. The third-order valence-electron chi connectivity index (χ3n) is 11.5. The third-order valence-corrected chi connectivity index (χ3v) is 11.5. The van der Waals surface area contributed by atoms with E-state index >= 15 is 0 Å². The van der Waals surface area contributed by atoms with Crippen molar-refractivity contribution in [3.8, 4) is 11.6 Å². The second-order valence-corrected chi connectivity index (χ2v) is 15.8. The number of nitrogens with zero attached hydrogens (tertiary/aromatic N) is 3. The number of benzene rings is 1. The van der Waals surface area contributed by atoms with Crippen LogP contribution in [0.1, 0.15) is 111 Å². The molecule has 2 aliphatic carbocycles. The molecule has 2 aliphatic heterocycles. The minimum atomic E-state index is -0.895. The number of amides is 2. The molecule has 256 valence electrons. The van der Waals surface area contributed by atoms with Gasteiger partial charge >= 0.3 is 6.09 Å². The van der Waals surface area contributed by atoms with Gasteiger partial charge in [-0.2, -0.15) is 0 Å². The fourth-order valence-corrected chi connectivity index (χ4v) is 8.53. The molecule has 1 N–H and O–H groups in total. The number of fused-ring (bicyclic) bond motifs is 6. The van der Waals surface area contributed by atoms with Gasteiger partial charge in [0.1, 0.15) is 29.2 Å². The van der Waals surface area contributed by atoms with Crippen LogP contribution in [-0.4, -0.2) is 70.1 Å². The molecular weight excluding hydrogens is 596 g/mol. The predicted molar refractivity (Wildman–Crippen MR) is 178 cm³/mol. The molecule has 3 fully saturated rings. The summed E-state index contributed by atoms with van der Waals surface area (Å²) in [5, 5.41) is 2.95. The van der Waals surface area contributed by atoms with Crippen molar-refractivity contribution < 1.29 is 28.6 Å². The summed E-state index contributed by atoms with van der Waals surface area (Å²) in [4.78, 5) is 53.2. The first-order valence-electron chi connectivity index (χ1n) is 17.6. The Kier molecular flexibility index (Phi) is 8.94. The summed E-state index contributed by atoms with van der Waals surface area (Å²) in [6.07, 6.45) is 8.44. The van der Waals surface area contributed by atoms with Crippen molar-refractivity contribution in [3.05, 3.63) is 23.9 Å². The molecule has 2 saturated carbocycles. The van der Waals surface area contributed by atoms with E-state index in [1.807, 2.05) is 52.8 Å². The molecule has 3 heterocycles. The lowest BCUT2D eigenvalue weighted by atomic mass is 9.85. The highest BCUT2D eigenvalue weighted by molar-refractivity contribution is 5.92. The molecular formula is C37H52N4O6. The molecule has 1 aromatic carbocycles. The molecule has 2 bridgehead atoms. The normalized spacial score (nSPS) is 31.2. The highest BCUT2D eigenvalue weighted by Gasteiger charge is 2.53. The van der Waals surface area contributed by atoms with Gasteiger partial charge in [-0.1, -0.05) is 40.5 Å². The zero-order chi connectivity index (χ0) is 33.7. The first-order valence-corrected chi connectivity index (χ1v) is 17.6. The number of Topliss-reactive ketones (excluding diaryl/α,β-unsaturated/α-hetero) is 1. The summed E-state index contributed by atoms with van der Waals surface area (Å²) >= 11 is 0. The van der Waals surface area contributed by atoms with Crippen LogP contribution in [0.15, 0.2) is 18.2 Å². The Bertz CT molecular complexity index is 1530. The summed E-state index contributed by atoms with van der Waals surface area (Å²) in [6, 6.07) is 4.14. The van der Waals surface area contributed by atoms with Crippen LogP contribution in [0.4, 0.5) is 4.79 Å². The number of rotatable bonds is 3. The summed E-state index contributed by atoms with van der Waals surface area (Å²) < 4.78 is 18.5. The van der Waals surface area contributed by atoms with Crippen molar-refractivity contribution in [2.24, 2.45) is 17.3 Å². The number of aromatic nitrogens is 2. The van der Waals surface area contributed by atoms with Gasteiger partial charge in [-0.15, -0.1) is 0 Å². The van der Waals surface area contributed by atoms with Gasteiger partial charge in [0.2, 0.25) is 11.8 Å². The average Bonchev–Trinajstić information content (AvgIpc) is 3.58. The monoisotopic (exact) mass is 648 g/mol. The molecule has 2 aromatic rings. The lowest BCUT2D eigenvalue weighted by molar-refractivity contribution is -0.141. The van der Waals surface area contributed by atoms with Gasteiger partial charge in [-0.05, 0) is 88.7 Å². The van der Waals surface area contributed by atoms with Crippen molar-refractivity contribution in [2.75, 3.05) is 13.7 Å². The molecule has 1 aromatic heterocycles. The maximum Gasteiger partial charge on any atom is 0.408 e. The van der Waals surface area contributed by atoms with Crippen LogP contribution < -0.4 is 14.8 Å². The van der Waals surface area contributed by atoms with Crippen molar-refractivity contribution in [3.63, 3.8) is 0 Å². The van der Waals surface area contributed by atoms with Crippen LogP contribution in [0.2, 0.25) is 0 Å². The molecule has 1 spiro atoms. The van der Waals surface area contributed by atoms with Gasteiger partial charge in [-0.25, -0.2) is 14.8 Å². The lowest BCUT2D eigenvalue weighted by Crippen LogP contribution is -2.58. The van der Waals surface area contributed by atoms with Crippen LogP contribution in [0, 0.1) is 17.3 Å². The summed E-state index contributed by atoms with van der Waals surface area (Å²) in [5.74, 6) is 0.768. The Hall–Kier alpha value is -3.43. The minimum Gasteiger partial charge on any atom is -0.497 e. The number of alkyl carbamates (subject to hydrolysis) is 1. The predicted octanol–water partition coefficient (Wildman–Crippen LogP) is 6.52. The average molecular weight is 649 g/mol. The largest absolute Gasteiger partial charge is 0.497 e. The molecule has 6 atom stereocenters. The standard InChI is InChI=1S/C37H52N4O6/c1-8-25-28-21-41(29(25)22(2)42)33(43)31(35(3,4)5)40-34(44)47-36(6)16-11-13-23(36)12-9-10-17-37(18-19-37)30-32(46-28)39-27-20-24(45-7)14-15-26(27)38-30/h14-15,20,23,25,28-29,31H,8-13,16-19,21H2,1-7H3,(H,40,44)/t23-,25-,28+,29-,31-,36-/m1/s1. The SMILES string of the molecule is CC[C@@H]1[C@@H]2CN(C(=O)[C@H](C(C)(C)C)NC(=O)O[C@]3(C)CCC[C@H]3CCCCC3(CC3)c3nc4ccc(OC)cc4nc3O2)[C@@H]1C(C)=O. The first-order chi connectivity index (χ1) is 22.3. The van der Waals surface area contributed by atoms with E-state index in [0.29, 0.717) is 23.6 Å². The van der Waals surface area contributed by atoms with Gasteiger partial charge < -0.3 is 24.4 Å². The van der Waals surface area contributed by atoms with E-state index in [4.69, 9.17) is 24.2 Å². The number of carbonyl (C=O) groups is 3. The third kappa shape index (κ3) is 6.41. The van der Waals surface area contributed by atoms with Gasteiger partial charge in [0, 0.05) is 17.4 Å². The molecule has 6 rings (SSSR count). The minimum absolute atomic E-state index is 0.105. The molecule has 10 heteroatoms. The fraction of sp³-hybridized carbons (Fsp3) is 0.703. The van der Waals surface area contributed by atoms with Crippen molar-refractivity contribution in [2.45, 2.75) is 135 Å². The van der Waals surface area contributed by atoms with E-state index in [1.54, 1.807) is 12.0 Å². The number of ether oxygens (including phenoxy) is 3. The highest BCUT2D eigenvalue weighted by Crippen LogP contribution is 2.54. The van der Waals surface area contributed by atoms with Crippen LogP contribution >= 0.6 is 0 Å². The van der Waals surface area contributed by atoms with Crippen molar-refractivity contribution >= 4 is 28.8 Å². The molecule has 4 aliphatic rings. The zero-order valence-electron chi connectivity index (χ0n) is 29.2. The van der Waals surface area contributed by atoms with E-state index in [-0.39, 0.29) is 35.5 Å². The quantitative estimate of drug-likeness (QED) is 0.400. The number of hydrogen-bond donors (Lipinski definition) is 1. The van der Waals surface area contributed by atoms with Crippen molar-refractivity contribution in [1.29, 1.82) is 0 Å². The van der Waals surface area contributed by atoms with Crippen LogP contribution in [-0.2, 0) is 19.7 Å². The topological polar surface area (TPSA) is 120 Å². The number of hydrogen-bond acceptors (Lipinski definition) is 8. The Morgan fingerprint density at radius 1 is 1.06 bits per heavy atom. The van der Waals surface area contributed by atoms with Gasteiger partial charge in [0.05, 0.1) is 30.7 Å². The Labute approximate surface area is 278 Å². The molecule has 2 amide bonds. The maximum absolute atomic E-state index is 14.5. The molecule has 0 radical (unpaired) electrons. The maximum atomic E-state index is 14.5.